The summed E-state index contributed by atoms with van der Waals surface area (Å²) in [4.78, 5) is 0.0565. The van der Waals surface area contributed by atoms with Crippen LogP contribution in [0.4, 0.5) is 0 Å². The number of unbranched alkanes of at least 4 members (excludes halogenated alkanes) is 6. The van der Waals surface area contributed by atoms with Crippen LogP contribution < -0.4 is 0 Å². The molecule has 0 unspecified atom stereocenters. The van der Waals surface area contributed by atoms with Gasteiger partial charge in [-0.25, -0.2) is 0 Å². The summed E-state index contributed by atoms with van der Waals surface area (Å²) in [5.74, 6) is 0. The average Bonchev–Trinajstić information content (AvgIpc) is 2.37. The van der Waals surface area contributed by atoms with E-state index in [9.17, 15) is 8.42 Å². The van der Waals surface area contributed by atoms with Crippen molar-refractivity contribution >= 4 is 10.1 Å². The van der Waals surface area contributed by atoms with Crippen LogP contribution in [0.1, 0.15) is 57.4 Å². The summed E-state index contributed by atoms with van der Waals surface area (Å²) in [6.07, 6.45) is 9.10. The minimum Gasteiger partial charge on any atom is -0.282 e. The molecule has 0 aliphatic rings. The maximum atomic E-state index is 11.2. The summed E-state index contributed by atoms with van der Waals surface area (Å²) in [7, 11) is -4.09. The van der Waals surface area contributed by atoms with Gasteiger partial charge in [0.05, 0.1) is 4.90 Å². The van der Waals surface area contributed by atoms with Crippen LogP contribution in [0, 0.1) is 0 Å². The Morgan fingerprint density at radius 1 is 0.950 bits per heavy atom. The molecule has 5 heteroatoms. The normalized spacial score (nSPS) is 11.1. The van der Waals surface area contributed by atoms with E-state index in [4.69, 9.17) is 4.55 Å². The van der Waals surface area contributed by atoms with E-state index in [-0.39, 0.29) is 22.0 Å². The zero-order valence-electron chi connectivity index (χ0n) is 11.9. The van der Waals surface area contributed by atoms with Crippen molar-refractivity contribution in [2.45, 2.75) is 63.2 Å². The first-order valence-corrected chi connectivity index (χ1v) is 8.55. The second-order valence-corrected chi connectivity index (χ2v) is 6.34. The number of benzene rings is 1. The molecule has 0 fully saturated rings. The molecule has 0 aliphatic heterocycles. The van der Waals surface area contributed by atoms with Gasteiger partial charge in [0.15, 0.2) is 0 Å². The minimum atomic E-state index is -4.09. The Balaban J connectivity index is 0.00000361. The second kappa shape index (κ2) is 10.4. The van der Waals surface area contributed by atoms with Crippen LogP contribution in [-0.2, 0) is 33.6 Å². The topological polar surface area (TPSA) is 54.4 Å². The maximum absolute atomic E-state index is 11.2. The smallest absolute Gasteiger partial charge is 0.282 e. The zero-order valence-corrected chi connectivity index (χ0v) is 13.7. The van der Waals surface area contributed by atoms with Crippen molar-refractivity contribution in [3.8, 4) is 0 Å². The van der Waals surface area contributed by atoms with Crippen molar-refractivity contribution in [1.82, 2.24) is 0 Å². The Labute approximate surface area is 133 Å². The predicted molar refractivity (Wildman–Crippen MR) is 78.0 cm³/mol. The molecule has 0 amide bonds. The molecule has 1 aromatic carbocycles. The van der Waals surface area contributed by atoms with Crippen LogP contribution in [0.2, 0.25) is 0 Å². The van der Waals surface area contributed by atoms with Gasteiger partial charge in [-0.1, -0.05) is 63.6 Å². The molecule has 0 aliphatic carbocycles. The molecule has 1 N–H and O–H groups in total. The molecular weight excluding hydrogens is 324 g/mol. The van der Waals surface area contributed by atoms with Crippen LogP contribution in [0.15, 0.2) is 29.2 Å². The second-order valence-electron chi connectivity index (χ2n) is 4.95. The summed E-state index contributed by atoms with van der Waals surface area (Å²) >= 11 is 0. The van der Waals surface area contributed by atoms with E-state index in [0.717, 1.165) is 18.4 Å². The van der Waals surface area contributed by atoms with Crippen molar-refractivity contribution in [2.24, 2.45) is 0 Å². The Bertz CT molecular complexity index is 472. The van der Waals surface area contributed by atoms with E-state index in [1.54, 1.807) is 12.1 Å². The third kappa shape index (κ3) is 7.44. The molecule has 20 heavy (non-hydrogen) atoms. The molecule has 1 radical (unpaired) electrons. The fourth-order valence-corrected chi connectivity index (χ4v) is 2.99. The average molecular weight is 348 g/mol. The van der Waals surface area contributed by atoms with Gasteiger partial charge in [-0.15, -0.1) is 0 Å². The first kappa shape index (κ1) is 19.6. The Hall–Kier alpha value is -0.351. The fraction of sp³-hybridized carbons (Fsp3) is 0.600. The van der Waals surface area contributed by atoms with Gasteiger partial charge < -0.3 is 0 Å². The molecule has 0 bridgehead atoms. The zero-order chi connectivity index (χ0) is 14.1. The maximum Gasteiger partial charge on any atom is 0.294 e. The summed E-state index contributed by atoms with van der Waals surface area (Å²) < 4.78 is 31.6. The van der Waals surface area contributed by atoms with Gasteiger partial charge in [0.2, 0.25) is 0 Å². The predicted octanol–water partition coefficient (Wildman–Crippen LogP) is 4.22. The summed E-state index contributed by atoms with van der Waals surface area (Å²) in [6.45, 7) is 2.20. The van der Waals surface area contributed by atoms with Gasteiger partial charge in [0, 0.05) is 17.1 Å². The molecule has 0 saturated carbocycles. The molecule has 0 heterocycles. The van der Waals surface area contributed by atoms with E-state index in [2.05, 4.69) is 6.92 Å². The van der Waals surface area contributed by atoms with Gasteiger partial charge >= 0.3 is 0 Å². The molecule has 1 rings (SSSR count). The van der Waals surface area contributed by atoms with Crippen molar-refractivity contribution in [3.63, 3.8) is 0 Å². The van der Waals surface area contributed by atoms with E-state index < -0.39 is 10.1 Å². The molecule has 3 nitrogen and oxygen atoms in total. The van der Waals surface area contributed by atoms with Crippen molar-refractivity contribution < 1.29 is 30.0 Å². The van der Waals surface area contributed by atoms with Crippen LogP contribution in [0.5, 0.6) is 0 Å². The Kier molecular flexibility index (Phi) is 10.2. The van der Waals surface area contributed by atoms with Gasteiger partial charge in [-0.3, -0.25) is 4.55 Å². The van der Waals surface area contributed by atoms with Crippen LogP contribution >= 0.6 is 0 Å². The number of rotatable bonds is 9. The van der Waals surface area contributed by atoms with Crippen molar-refractivity contribution in [3.05, 3.63) is 29.8 Å². The third-order valence-corrected chi connectivity index (χ3v) is 4.25. The van der Waals surface area contributed by atoms with Crippen molar-refractivity contribution in [2.75, 3.05) is 0 Å². The van der Waals surface area contributed by atoms with E-state index >= 15 is 0 Å². The number of hydrogen-bond donors (Lipinski definition) is 1. The SMILES string of the molecule is CCCCCCCCCc1ccccc1S(=O)(=O)O.[Cu]. The quantitative estimate of drug-likeness (QED) is 0.413. The molecular formula is C15H24CuO3S. The van der Waals surface area contributed by atoms with Crippen LogP contribution in [0.25, 0.3) is 0 Å². The van der Waals surface area contributed by atoms with Crippen LogP contribution in [-0.4, -0.2) is 13.0 Å². The van der Waals surface area contributed by atoms with Gasteiger partial charge in [-0.05, 0) is 24.5 Å². The largest absolute Gasteiger partial charge is 0.294 e. The molecule has 0 atom stereocenters. The van der Waals surface area contributed by atoms with E-state index in [0.29, 0.717) is 6.42 Å². The van der Waals surface area contributed by atoms with E-state index in [1.807, 2.05) is 6.07 Å². The first-order valence-electron chi connectivity index (χ1n) is 7.11. The summed E-state index contributed by atoms with van der Waals surface area (Å²) in [5, 5.41) is 0. The first-order chi connectivity index (χ1) is 9.05. The summed E-state index contributed by atoms with van der Waals surface area (Å²) in [6, 6.07) is 6.69. The van der Waals surface area contributed by atoms with Crippen LogP contribution in [0.3, 0.4) is 0 Å². The van der Waals surface area contributed by atoms with E-state index in [1.165, 1.54) is 38.2 Å². The molecule has 119 valence electrons. The molecule has 0 spiro atoms. The Morgan fingerprint density at radius 2 is 1.50 bits per heavy atom. The molecule has 0 aromatic heterocycles. The van der Waals surface area contributed by atoms with Gasteiger partial charge in [-0.2, -0.15) is 8.42 Å². The van der Waals surface area contributed by atoms with Crippen molar-refractivity contribution in [1.29, 1.82) is 0 Å². The standard InChI is InChI=1S/C15H24O3S.Cu/c1-2-3-4-5-6-7-8-11-14-12-9-10-13-15(14)19(16,17)18;/h9-10,12-13H,2-8,11H2,1H3,(H,16,17,18);. The summed E-state index contributed by atoms with van der Waals surface area (Å²) in [5.41, 5.74) is 0.721. The molecule has 0 saturated heterocycles. The monoisotopic (exact) mass is 347 g/mol. The fourth-order valence-electron chi connectivity index (χ4n) is 2.23. The number of aryl methyl sites for hydroxylation is 1. The molecule has 1 aromatic rings. The third-order valence-electron chi connectivity index (χ3n) is 3.30. The van der Waals surface area contributed by atoms with Gasteiger partial charge in [0.1, 0.15) is 0 Å². The minimum absolute atomic E-state index is 0. The number of hydrogen-bond acceptors (Lipinski definition) is 2. The van der Waals surface area contributed by atoms with Gasteiger partial charge in [0.25, 0.3) is 10.1 Å². The Morgan fingerprint density at radius 3 is 2.10 bits per heavy atom.